The van der Waals surface area contributed by atoms with E-state index in [1.807, 2.05) is 75.4 Å². The third kappa shape index (κ3) is 10.7. The molecule has 0 heterocycles. The second-order valence-corrected chi connectivity index (χ2v) is 11.5. The lowest BCUT2D eigenvalue weighted by Gasteiger charge is -2.35. The fourth-order valence-corrected chi connectivity index (χ4v) is 4.31. The van der Waals surface area contributed by atoms with E-state index in [0.29, 0.717) is 13.1 Å². The molecule has 0 aliphatic heterocycles. The van der Waals surface area contributed by atoms with Crippen LogP contribution in [0.5, 0.6) is 0 Å². The maximum Gasteiger partial charge on any atom is 0.408 e. The molecule has 0 bridgehead atoms. The van der Waals surface area contributed by atoms with E-state index in [4.69, 9.17) is 4.74 Å². The van der Waals surface area contributed by atoms with Crippen LogP contribution in [0, 0.1) is 12.8 Å². The fourth-order valence-electron chi connectivity index (χ4n) is 4.31. The Labute approximate surface area is 234 Å². The fraction of sp³-hybridized carbons (Fsp3) is 0.531. The van der Waals surface area contributed by atoms with Gasteiger partial charge in [-0.3, -0.25) is 9.59 Å². The number of nitrogens with one attached hydrogen (secondary N) is 2. The van der Waals surface area contributed by atoms with Gasteiger partial charge in [-0.05, 0) is 51.2 Å². The number of alkyl carbamates (subject to hydrolysis) is 1. The van der Waals surface area contributed by atoms with E-state index in [-0.39, 0.29) is 17.7 Å². The Balaban J connectivity index is 2.44. The molecule has 0 saturated heterocycles. The van der Waals surface area contributed by atoms with Crippen molar-refractivity contribution in [3.63, 3.8) is 0 Å². The van der Waals surface area contributed by atoms with Crippen molar-refractivity contribution in [2.45, 2.75) is 98.4 Å². The predicted molar refractivity (Wildman–Crippen MR) is 156 cm³/mol. The van der Waals surface area contributed by atoms with Gasteiger partial charge in [0.1, 0.15) is 17.7 Å². The van der Waals surface area contributed by atoms with Gasteiger partial charge in [-0.15, -0.1) is 0 Å². The summed E-state index contributed by atoms with van der Waals surface area (Å²) in [5.41, 5.74) is 2.07. The SMILES string of the molecule is CCCCCCN(C(=O)C(NC(=O)OC(C)(C)C)C(C)C)C(C(=O)NCc1ccccc1)c1ccc(C)cc1. The number of carbonyl (C=O) groups is 3. The van der Waals surface area contributed by atoms with Crippen LogP contribution >= 0.6 is 0 Å². The van der Waals surface area contributed by atoms with Gasteiger partial charge in [0.15, 0.2) is 0 Å². The van der Waals surface area contributed by atoms with Crippen LogP contribution in [0.1, 0.15) is 90.0 Å². The number of carbonyl (C=O) groups excluding carboxylic acids is 3. The van der Waals surface area contributed by atoms with E-state index in [1.165, 1.54) is 0 Å². The molecule has 7 nitrogen and oxygen atoms in total. The van der Waals surface area contributed by atoms with E-state index in [2.05, 4.69) is 17.6 Å². The minimum Gasteiger partial charge on any atom is -0.444 e. The maximum absolute atomic E-state index is 14.2. The van der Waals surface area contributed by atoms with E-state index >= 15 is 0 Å². The van der Waals surface area contributed by atoms with Crippen LogP contribution in [0.4, 0.5) is 4.79 Å². The molecule has 0 radical (unpaired) electrons. The van der Waals surface area contributed by atoms with Gasteiger partial charge in [0.25, 0.3) is 0 Å². The van der Waals surface area contributed by atoms with Crippen molar-refractivity contribution in [2.75, 3.05) is 6.54 Å². The number of ether oxygens (including phenoxy) is 1. The molecule has 2 unspecified atom stereocenters. The minimum absolute atomic E-state index is 0.214. The summed E-state index contributed by atoms with van der Waals surface area (Å²) in [5, 5.41) is 5.83. The molecule has 2 rings (SSSR count). The van der Waals surface area contributed by atoms with Crippen LogP contribution in [0.2, 0.25) is 0 Å². The maximum atomic E-state index is 14.2. The Bertz CT molecular complexity index is 1050. The molecule has 214 valence electrons. The highest BCUT2D eigenvalue weighted by Crippen LogP contribution is 2.25. The van der Waals surface area contributed by atoms with Gasteiger partial charge in [-0.25, -0.2) is 4.79 Å². The zero-order valence-corrected chi connectivity index (χ0v) is 24.8. The van der Waals surface area contributed by atoms with E-state index in [9.17, 15) is 14.4 Å². The van der Waals surface area contributed by atoms with Crippen molar-refractivity contribution >= 4 is 17.9 Å². The van der Waals surface area contributed by atoms with Crippen LogP contribution in [0.15, 0.2) is 54.6 Å². The Morgan fingerprint density at radius 1 is 0.923 bits per heavy atom. The number of unbranched alkanes of at least 4 members (excludes halogenated alkanes) is 3. The molecule has 0 aromatic heterocycles. The normalized spacial score (nSPS) is 12.9. The quantitative estimate of drug-likeness (QED) is 0.293. The number of benzene rings is 2. The van der Waals surface area contributed by atoms with Crippen molar-refractivity contribution in [2.24, 2.45) is 5.92 Å². The van der Waals surface area contributed by atoms with Gasteiger partial charge in [0, 0.05) is 13.1 Å². The summed E-state index contributed by atoms with van der Waals surface area (Å²) in [6, 6.07) is 15.7. The molecular formula is C32H47N3O4. The summed E-state index contributed by atoms with van der Waals surface area (Å²) >= 11 is 0. The van der Waals surface area contributed by atoms with Gasteiger partial charge >= 0.3 is 6.09 Å². The number of rotatable bonds is 13. The van der Waals surface area contributed by atoms with Crippen molar-refractivity contribution in [1.29, 1.82) is 0 Å². The third-order valence-electron chi connectivity index (χ3n) is 6.40. The zero-order valence-electron chi connectivity index (χ0n) is 24.8. The van der Waals surface area contributed by atoms with Crippen molar-refractivity contribution < 1.29 is 19.1 Å². The molecule has 3 amide bonds. The van der Waals surface area contributed by atoms with Crippen LogP contribution in [-0.2, 0) is 20.9 Å². The van der Waals surface area contributed by atoms with Gasteiger partial charge < -0.3 is 20.3 Å². The van der Waals surface area contributed by atoms with E-state index < -0.39 is 23.8 Å². The van der Waals surface area contributed by atoms with Crippen LogP contribution in [0.25, 0.3) is 0 Å². The van der Waals surface area contributed by atoms with Gasteiger partial charge in [0.2, 0.25) is 11.8 Å². The highest BCUT2D eigenvalue weighted by Gasteiger charge is 2.37. The Morgan fingerprint density at radius 2 is 1.56 bits per heavy atom. The largest absolute Gasteiger partial charge is 0.444 e. The standard InChI is InChI=1S/C32H47N3O4/c1-8-9-10-14-21-35(30(37)27(23(2)3)34-31(38)39-32(5,6)7)28(26-19-17-24(4)18-20-26)29(36)33-22-25-15-12-11-13-16-25/h11-13,15-20,23,27-28H,8-10,14,21-22H2,1-7H3,(H,33,36)(H,34,38). The minimum atomic E-state index is -0.846. The first kappa shape index (κ1) is 31.9. The molecule has 7 heteroatoms. The average Bonchev–Trinajstić information content (AvgIpc) is 2.87. The summed E-state index contributed by atoms with van der Waals surface area (Å²) in [5.74, 6) is -0.770. The van der Waals surface area contributed by atoms with Gasteiger partial charge in [-0.2, -0.15) is 0 Å². The highest BCUT2D eigenvalue weighted by atomic mass is 16.6. The molecule has 2 N–H and O–H groups in total. The summed E-state index contributed by atoms with van der Waals surface area (Å²) in [7, 11) is 0. The highest BCUT2D eigenvalue weighted by molar-refractivity contribution is 5.92. The number of amides is 3. The molecule has 0 saturated carbocycles. The van der Waals surface area contributed by atoms with E-state index in [1.54, 1.807) is 25.7 Å². The lowest BCUT2D eigenvalue weighted by atomic mass is 9.97. The number of nitrogens with zero attached hydrogens (tertiary/aromatic N) is 1. The van der Waals surface area contributed by atoms with Crippen molar-refractivity contribution in [1.82, 2.24) is 15.5 Å². The lowest BCUT2D eigenvalue weighted by molar-refractivity contribution is -0.143. The summed E-state index contributed by atoms with van der Waals surface area (Å²) in [6.07, 6.45) is 3.15. The van der Waals surface area contributed by atoms with Gasteiger partial charge in [-0.1, -0.05) is 100 Å². The molecular weight excluding hydrogens is 490 g/mol. The lowest BCUT2D eigenvalue weighted by Crippen LogP contribution is -2.55. The monoisotopic (exact) mass is 537 g/mol. The average molecular weight is 538 g/mol. The van der Waals surface area contributed by atoms with Gasteiger partial charge in [0.05, 0.1) is 0 Å². The molecule has 0 aliphatic carbocycles. The first-order valence-electron chi connectivity index (χ1n) is 14.1. The molecule has 0 aliphatic rings. The molecule has 0 fully saturated rings. The topological polar surface area (TPSA) is 87.7 Å². The summed E-state index contributed by atoms with van der Waals surface area (Å²) in [4.78, 5) is 42.3. The summed E-state index contributed by atoms with van der Waals surface area (Å²) in [6.45, 7) is 14.0. The number of aryl methyl sites for hydroxylation is 1. The second kappa shape index (κ2) is 15.3. The molecule has 2 aromatic carbocycles. The van der Waals surface area contributed by atoms with Crippen molar-refractivity contribution in [3.05, 3.63) is 71.3 Å². The third-order valence-corrected chi connectivity index (χ3v) is 6.40. The smallest absolute Gasteiger partial charge is 0.408 e. The van der Waals surface area contributed by atoms with Crippen molar-refractivity contribution in [3.8, 4) is 0 Å². The second-order valence-electron chi connectivity index (χ2n) is 11.5. The molecule has 2 atom stereocenters. The molecule has 0 spiro atoms. The van der Waals surface area contributed by atoms with Crippen LogP contribution in [0.3, 0.4) is 0 Å². The number of hydrogen-bond acceptors (Lipinski definition) is 4. The van der Waals surface area contributed by atoms with Crippen LogP contribution < -0.4 is 10.6 Å². The molecule has 2 aromatic rings. The summed E-state index contributed by atoms with van der Waals surface area (Å²) < 4.78 is 5.45. The predicted octanol–water partition coefficient (Wildman–Crippen LogP) is 6.31. The Kier molecular flexibility index (Phi) is 12.5. The Morgan fingerprint density at radius 3 is 2.13 bits per heavy atom. The van der Waals surface area contributed by atoms with Crippen LogP contribution in [-0.4, -0.2) is 41.0 Å². The first-order chi connectivity index (χ1) is 18.4. The van der Waals surface area contributed by atoms with E-state index in [0.717, 1.165) is 42.4 Å². The molecule has 39 heavy (non-hydrogen) atoms. The Hall–Kier alpha value is -3.35. The first-order valence-corrected chi connectivity index (χ1v) is 14.1. The number of hydrogen-bond donors (Lipinski definition) is 2. The zero-order chi connectivity index (χ0) is 29.0.